The molecule has 1 N–H and O–H groups in total. The minimum atomic E-state index is -3.54. The number of aliphatic hydroxyl groups excluding tert-OH is 1. The fraction of sp³-hybridized carbons (Fsp3) is 1.00. The van der Waals surface area contributed by atoms with Gasteiger partial charge in [0.05, 0.1) is 6.61 Å². The summed E-state index contributed by atoms with van der Waals surface area (Å²) in [6, 6.07) is 0. The van der Waals surface area contributed by atoms with E-state index in [1.165, 1.54) is 0 Å². The van der Waals surface area contributed by atoms with Crippen LogP contribution in [0, 0.1) is 0 Å². The van der Waals surface area contributed by atoms with Crippen LogP contribution in [0.1, 0.15) is 0 Å². The van der Waals surface area contributed by atoms with Crippen molar-refractivity contribution in [3.05, 3.63) is 0 Å². The summed E-state index contributed by atoms with van der Waals surface area (Å²) in [6.07, 6.45) is -1.64. The Morgan fingerprint density at radius 1 is 1.15 bits per heavy atom. The van der Waals surface area contributed by atoms with Crippen LogP contribution in [0.3, 0.4) is 0 Å². The Kier molecular flexibility index (Phi) is 22.8. The fourth-order valence-electron chi connectivity index (χ4n) is 0.313. The Morgan fingerprint density at radius 2 is 1.46 bits per heavy atom. The Balaban J connectivity index is -0.000000500. The van der Waals surface area contributed by atoms with Gasteiger partial charge in [0.15, 0.2) is 6.29 Å². The summed E-state index contributed by atoms with van der Waals surface area (Å²) in [6.45, 7) is -0.836. The molecule has 2 atom stereocenters. The molecular weight excluding hydrogens is 276 g/mol. The first-order chi connectivity index (χ1) is 5.06. The van der Waals surface area contributed by atoms with Crippen LogP contribution in [0.25, 0.3) is 0 Å². The molecule has 13 heavy (non-hydrogen) atoms. The summed E-state index contributed by atoms with van der Waals surface area (Å²) in [5.41, 5.74) is 0. The van der Waals surface area contributed by atoms with E-state index in [-0.39, 0.29) is 103 Å². The summed E-state index contributed by atoms with van der Waals surface area (Å²) in [5.74, 6) is 0. The van der Waals surface area contributed by atoms with E-state index in [0.29, 0.717) is 0 Å². The molecule has 11 heteroatoms. The molecule has 0 spiro atoms. The van der Waals surface area contributed by atoms with E-state index in [0.717, 1.165) is 0 Å². The average molecular weight is 282 g/mol. The predicted molar refractivity (Wildman–Crippen MR) is 31.0 cm³/mol. The summed E-state index contributed by atoms with van der Waals surface area (Å²) in [7, 11) is -7.07. The Hall–Kier alpha value is 3.53. The van der Waals surface area contributed by atoms with Gasteiger partial charge in [-0.05, 0) is 0 Å². The van der Waals surface area contributed by atoms with Gasteiger partial charge in [0, 0.05) is 0 Å². The van der Waals surface area contributed by atoms with E-state index in [1.807, 2.05) is 0 Å². The molecule has 7 nitrogen and oxygen atoms in total. The molecular formula is C2H6K2O7P2. The summed E-state index contributed by atoms with van der Waals surface area (Å²) >= 11 is 0. The van der Waals surface area contributed by atoms with E-state index < -0.39 is 29.4 Å². The third-order valence-electron chi connectivity index (χ3n) is 0.604. The van der Waals surface area contributed by atoms with Gasteiger partial charge in [0.1, 0.15) is 16.5 Å². The maximum Gasteiger partial charge on any atom is 1.00 e. The molecule has 0 fully saturated rings. The quantitative estimate of drug-likeness (QED) is 0.302. The van der Waals surface area contributed by atoms with Crippen LogP contribution < -0.4 is 113 Å². The van der Waals surface area contributed by atoms with Crippen LogP contribution in [-0.4, -0.2) is 18.0 Å². The van der Waals surface area contributed by atoms with Crippen LogP contribution in [-0.2, 0) is 18.2 Å². The van der Waals surface area contributed by atoms with Crippen molar-refractivity contribution in [2.75, 3.05) is 6.61 Å². The van der Waals surface area contributed by atoms with Crippen molar-refractivity contribution in [1.29, 1.82) is 0 Å². The van der Waals surface area contributed by atoms with E-state index in [9.17, 15) is 18.9 Å². The molecule has 68 valence electrons. The van der Waals surface area contributed by atoms with E-state index in [4.69, 9.17) is 5.11 Å². The van der Waals surface area contributed by atoms with Gasteiger partial charge in [-0.15, -0.1) is 0 Å². The average Bonchev–Trinajstić information content (AvgIpc) is 1.84. The number of aliphatic hydroxyl groups is 1. The van der Waals surface area contributed by atoms with Crippen molar-refractivity contribution < 1.29 is 136 Å². The molecule has 0 saturated carbocycles. The van der Waals surface area contributed by atoms with Gasteiger partial charge in [-0.2, -0.15) is 0 Å². The molecule has 0 bridgehead atoms. The molecule has 0 saturated heterocycles. The number of hydrogen-bond acceptors (Lipinski definition) is 7. The zero-order valence-electron chi connectivity index (χ0n) is 7.18. The maximum atomic E-state index is 9.82. The largest absolute Gasteiger partial charge is 1.00 e. The van der Waals surface area contributed by atoms with Crippen LogP contribution in [0.4, 0.5) is 0 Å². The minimum absolute atomic E-state index is 0. The van der Waals surface area contributed by atoms with Gasteiger partial charge in [0.25, 0.3) is 0 Å². The monoisotopic (exact) mass is 282 g/mol. The molecule has 0 aromatic heterocycles. The zero-order chi connectivity index (χ0) is 8.85. The Bertz CT molecular complexity index is 149. The molecule has 0 amide bonds. The molecule has 0 heterocycles. The second-order valence-electron chi connectivity index (χ2n) is 1.35. The standard InChI is InChI=1S/C2H8O7P2.2K/c3-1-2(8-10(4)5)9-11(6)7;;/h2-3,10-11H,1H2,(H,4,5)(H,6,7);;/q;2*+1/p-2. The first-order valence-electron chi connectivity index (χ1n) is 2.42. The van der Waals surface area contributed by atoms with Gasteiger partial charge in [-0.1, -0.05) is 0 Å². The van der Waals surface area contributed by atoms with Crippen molar-refractivity contribution in [2.45, 2.75) is 6.29 Å². The van der Waals surface area contributed by atoms with Crippen LogP contribution in [0.5, 0.6) is 0 Å². The van der Waals surface area contributed by atoms with Gasteiger partial charge in [-0.3, -0.25) is 0 Å². The van der Waals surface area contributed by atoms with Gasteiger partial charge in [0.2, 0.25) is 0 Å². The first kappa shape index (κ1) is 21.8. The van der Waals surface area contributed by atoms with E-state index in [1.54, 1.807) is 0 Å². The van der Waals surface area contributed by atoms with Crippen molar-refractivity contribution in [3.8, 4) is 0 Å². The van der Waals surface area contributed by atoms with E-state index in [2.05, 4.69) is 9.05 Å². The van der Waals surface area contributed by atoms with Crippen molar-refractivity contribution >= 4 is 16.5 Å². The summed E-state index contributed by atoms with van der Waals surface area (Å²) in [5, 5.41) is 8.25. The number of rotatable bonds is 5. The summed E-state index contributed by atoms with van der Waals surface area (Å²) < 4.78 is 27.3. The van der Waals surface area contributed by atoms with E-state index >= 15 is 0 Å². The molecule has 0 aliphatic rings. The molecule has 0 aromatic carbocycles. The zero-order valence-corrected chi connectivity index (χ0v) is 15.4. The third kappa shape index (κ3) is 15.5. The predicted octanol–water partition coefficient (Wildman–Crippen LogP) is -8.15. The fourth-order valence-corrected chi connectivity index (χ4v) is 1.08. The summed E-state index contributed by atoms with van der Waals surface area (Å²) in [4.78, 5) is 19.6. The molecule has 0 aliphatic carbocycles. The molecule has 0 rings (SSSR count). The molecule has 0 aliphatic heterocycles. The SMILES string of the molecule is O=[PH]([O-])OC(CO)O[PH](=O)[O-].[K+].[K+]. The van der Waals surface area contributed by atoms with Gasteiger partial charge < -0.3 is 33.1 Å². The van der Waals surface area contributed by atoms with Crippen LogP contribution in [0.15, 0.2) is 0 Å². The minimum Gasteiger partial charge on any atom is -0.781 e. The Labute approximate surface area is 161 Å². The molecule has 2 unspecified atom stereocenters. The van der Waals surface area contributed by atoms with Crippen molar-refractivity contribution in [2.24, 2.45) is 0 Å². The third-order valence-corrected chi connectivity index (χ3v) is 1.52. The molecule has 0 radical (unpaired) electrons. The van der Waals surface area contributed by atoms with Crippen LogP contribution in [0.2, 0.25) is 0 Å². The number of hydrogen-bond donors (Lipinski definition) is 1. The van der Waals surface area contributed by atoms with Crippen LogP contribution >= 0.6 is 16.5 Å². The topological polar surface area (TPSA) is 119 Å². The second kappa shape index (κ2) is 13.6. The molecule has 0 aromatic rings. The smallest absolute Gasteiger partial charge is 0.781 e. The first-order valence-corrected chi connectivity index (χ1v) is 4.87. The van der Waals surface area contributed by atoms with Crippen molar-refractivity contribution in [1.82, 2.24) is 0 Å². The van der Waals surface area contributed by atoms with Gasteiger partial charge >= 0.3 is 103 Å². The second-order valence-corrected chi connectivity index (χ2v) is 2.82. The Morgan fingerprint density at radius 3 is 1.62 bits per heavy atom. The van der Waals surface area contributed by atoms with Gasteiger partial charge in [-0.25, -0.2) is 0 Å². The van der Waals surface area contributed by atoms with Crippen molar-refractivity contribution in [3.63, 3.8) is 0 Å². The maximum absolute atomic E-state index is 9.82. The normalized spacial score (nSPS) is 16.2.